The van der Waals surface area contributed by atoms with Crippen LogP contribution in [-0.2, 0) is 6.42 Å². The minimum Gasteiger partial charge on any atom is -0.313 e. The molecule has 1 aromatic heterocycles. The molecule has 2 rings (SSSR count). The third-order valence-electron chi connectivity index (χ3n) is 3.19. The van der Waals surface area contributed by atoms with E-state index in [-0.39, 0.29) is 0 Å². The van der Waals surface area contributed by atoms with E-state index in [1.54, 1.807) is 11.3 Å². The van der Waals surface area contributed by atoms with E-state index in [2.05, 4.69) is 29.5 Å². The zero-order chi connectivity index (χ0) is 10.0. The van der Waals surface area contributed by atoms with Gasteiger partial charge in [0, 0.05) is 24.0 Å². The molecular weight excluding hydrogens is 192 g/mol. The molecule has 1 atom stereocenters. The third-order valence-corrected chi connectivity index (χ3v) is 3.99. The summed E-state index contributed by atoms with van der Waals surface area (Å²) in [6, 6.07) is 0.624. The summed E-state index contributed by atoms with van der Waals surface area (Å²) >= 11 is 1.77. The zero-order valence-electron chi connectivity index (χ0n) is 8.92. The summed E-state index contributed by atoms with van der Waals surface area (Å²) in [5.41, 5.74) is 0.543. The Morgan fingerprint density at radius 2 is 2.43 bits per heavy atom. The number of nitrogens with zero attached hydrogens (tertiary/aromatic N) is 1. The smallest absolute Gasteiger partial charge is 0.0940 e. The van der Waals surface area contributed by atoms with E-state index in [0.29, 0.717) is 11.5 Å². The van der Waals surface area contributed by atoms with Gasteiger partial charge in [-0.15, -0.1) is 11.3 Å². The summed E-state index contributed by atoms with van der Waals surface area (Å²) in [5.74, 6) is 0. The van der Waals surface area contributed by atoms with Crippen LogP contribution in [0.2, 0.25) is 0 Å². The fraction of sp³-hybridized carbons (Fsp3) is 0.727. The molecule has 1 aliphatic rings. The van der Waals surface area contributed by atoms with Gasteiger partial charge in [0.25, 0.3) is 0 Å². The van der Waals surface area contributed by atoms with Gasteiger partial charge in [0.15, 0.2) is 0 Å². The van der Waals surface area contributed by atoms with Crippen LogP contribution in [0, 0.1) is 5.41 Å². The van der Waals surface area contributed by atoms with Gasteiger partial charge in [-0.1, -0.05) is 13.8 Å². The van der Waals surface area contributed by atoms with Gasteiger partial charge in [-0.3, -0.25) is 0 Å². The fourth-order valence-electron chi connectivity index (χ4n) is 1.89. The van der Waals surface area contributed by atoms with Crippen LogP contribution in [-0.4, -0.2) is 17.6 Å². The van der Waals surface area contributed by atoms with E-state index in [9.17, 15) is 0 Å². The molecule has 1 fully saturated rings. The molecule has 1 unspecified atom stereocenters. The maximum Gasteiger partial charge on any atom is 0.0940 e. The Morgan fingerprint density at radius 3 is 2.93 bits per heavy atom. The molecule has 78 valence electrons. The SMILES string of the molecule is CCNC(Cc1nccs1)C1(C)CC1. The maximum absolute atomic E-state index is 4.36. The molecule has 0 amide bonds. The first-order valence-electron chi connectivity index (χ1n) is 5.36. The molecule has 1 aliphatic carbocycles. The van der Waals surface area contributed by atoms with Crippen LogP contribution in [0.5, 0.6) is 0 Å². The number of hydrogen-bond donors (Lipinski definition) is 1. The lowest BCUT2D eigenvalue weighted by Gasteiger charge is -2.23. The summed E-state index contributed by atoms with van der Waals surface area (Å²) in [5, 5.41) is 6.92. The second-order valence-electron chi connectivity index (χ2n) is 4.39. The molecule has 0 saturated heterocycles. The van der Waals surface area contributed by atoms with Crippen molar-refractivity contribution in [3.05, 3.63) is 16.6 Å². The van der Waals surface area contributed by atoms with Gasteiger partial charge in [0.05, 0.1) is 5.01 Å². The predicted molar refractivity (Wildman–Crippen MR) is 60.6 cm³/mol. The normalized spacial score (nSPS) is 20.7. The molecule has 14 heavy (non-hydrogen) atoms. The Kier molecular flexibility index (Phi) is 2.88. The van der Waals surface area contributed by atoms with E-state index < -0.39 is 0 Å². The molecule has 1 saturated carbocycles. The molecule has 0 spiro atoms. The van der Waals surface area contributed by atoms with Gasteiger partial charge in [-0.2, -0.15) is 0 Å². The van der Waals surface area contributed by atoms with Crippen LogP contribution < -0.4 is 5.32 Å². The summed E-state index contributed by atoms with van der Waals surface area (Å²) in [6.07, 6.45) is 5.74. The lowest BCUT2D eigenvalue weighted by Crippen LogP contribution is -2.37. The number of rotatable bonds is 5. The molecule has 1 N–H and O–H groups in total. The van der Waals surface area contributed by atoms with Crippen molar-refractivity contribution >= 4 is 11.3 Å². The van der Waals surface area contributed by atoms with Crippen LogP contribution in [0.15, 0.2) is 11.6 Å². The van der Waals surface area contributed by atoms with E-state index in [4.69, 9.17) is 0 Å². The van der Waals surface area contributed by atoms with Crippen molar-refractivity contribution in [1.29, 1.82) is 0 Å². The minimum absolute atomic E-state index is 0.543. The Labute approximate surface area is 89.8 Å². The van der Waals surface area contributed by atoms with E-state index >= 15 is 0 Å². The Balaban J connectivity index is 1.97. The molecular formula is C11H18N2S. The number of nitrogens with one attached hydrogen (secondary N) is 1. The first kappa shape index (κ1) is 10.1. The zero-order valence-corrected chi connectivity index (χ0v) is 9.73. The highest BCUT2D eigenvalue weighted by Gasteiger charge is 2.44. The number of aromatic nitrogens is 1. The lowest BCUT2D eigenvalue weighted by atomic mass is 9.96. The Hall–Kier alpha value is -0.410. The van der Waals surface area contributed by atoms with Crippen molar-refractivity contribution in [3.63, 3.8) is 0 Å². The van der Waals surface area contributed by atoms with Crippen LogP contribution in [0.4, 0.5) is 0 Å². The van der Waals surface area contributed by atoms with Gasteiger partial charge in [-0.05, 0) is 24.8 Å². The summed E-state index contributed by atoms with van der Waals surface area (Å²) in [7, 11) is 0. The van der Waals surface area contributed by atoms with Crippen LogP contribution in [0.25, 0.3) is 0 Å². The van der Waals surface area contributed by atoms with Gasteiger partial charge < -0.3 is 5.32 Å². The van der Waals surface area contributed by atoms with Gasteiger partial charge in [-0.25, -0.2) is 4.98 Å². The predicted octanol–water partition coefficient (Wildman–Crippen LogP) is 2.46. The second kappa shape index (κ2) is 3.99. The highest BCUT2D eigenvalue weighted by Crippen LogP contribution is 2.48. The fourth-order valence-corrected chi connectivity index (χ4v) is 2.55. The van der Waals surface area contributed by atoms with Crippen LogP contribution >= 0.6 is 11.3 Å². The van der Waals surface area contributed by atoms with Crippen molar-refractivity contribution in [1.82, 2.24) is 10.3 Å². The number of thiazole rings is 1. The van der Waals surface area contributed by atoms with Crippen molar-refractivity contribution in [3.8, 4) is 0 Å². The van der Waals surface area contributed by atoms with Crippen LogP contribution in [0.1, 0.15) is 31.7 Å². The van der Waals surface area contributed by atoms with Gasteiger partial charge in [0.1, 0.15) is 0 Å². The van der Waals surface area contributed by atoms with Crippen molar-refractivity contribution in [2.45, 2.75) is 39.2 Å². The van der Waals surface area contributed by atoms with E-state index in [0.717, 1.165) is 13.0 Å². The summed E-state index contributed by atoms with van der Waals surface area (Å²) in [4.78, 5) is 4.36. The molecule has 3 heteroatoms. The molecule has 1 heterocycles. The number of likely N-dealkylation sites (N-methyl/N-ethyl adjacent to an activating group) is 1. The highest BCUT2D eigenvalue weighted by atomic mass is 32.1. The average Bonchev–Trinajstić information content (AvgIpc) is 2.73. The van der Waals surface area contributed by atoms with Crippen molar-refractivity contribution in [2.24, 2.45) is 5.41 Å². The third kappa shape index (κ3) is 2.15. The Bertz CT molecular complexity index is 277. The van der Waals surface area contributed by atoms with Gasteiger partial charge in [0.2, 0.25) is 0 Å². The molecule has 0 aliphatic heterocycles. The first-order chi connectivity index (χ1) is 6.74. The quantitative estimate of drug-likeness (QED) is 0.807. The Morgan fingerprint density at radius 1 is 1.64 bits per heavy atom. The largest absolute Gasteiger partial charge is 0.313 e. The number of hydrogen-bond acceptors (Lipinski definition) is 3. The summed E-state index contributed by atoms with van der Waals surface area (Å²) in [6.45, 7) is 5.63. The molecule has 0 radical (unpaired) electrons. The molecule has 0 bridgehead atoms. The maximum atomic E-state index is 4.36. The molecule has 0 aromatic carbocycles. The average molecular weight is 210 g/mol. The van der Waals surface area contributed by atoms with Gasteiger partial charge >= 0.3 is 0 Å². The van der Waals surface area contributed by atoms with E-state index in [1.807, 2.05) is 6.20 Å². The van der Waals surface area contributed by atoms with Crippen LogP contribution in [0.3, 0.4) is 0 Å². The van der Waals surface area contributed by atoms with E-state index in [1.165, 1.54) is 17.8 Å². The monoisotopic (exact) mass is 210 g/mol. The first-order valence-corrected chi connectivity index (χ1v) is 6.24. The molecule has 1 aromatic rings. The highest BCUT2D eigenvalue weighted by molar-refractivity contribution is 7.09. The summed E-state index contributed by atoms with van der Waals surface area (Å²) < 4.78 is 0. The standard InChI is InChI=1S/C11H18N2S/c1-3-12-9(11(2)4-5-11)8-10-13-6-7-14-10/h6-7,9,12H,3-5,8H2,1-2H3. The molecule has 2 nitrogen and oxygen atoms in total. The van der Waals surface area contributed by atoms with Crippen molar-refractivity contribution < 1.29 is 0 Å². The second-order valence-corrected chi connectivity index (χ2v) is 5.37. The minimum atomic E-state index is 0.543. The lowest BCUT2D eigenvalue weighted by molar-refractivity contribution is 0.360. The van der Waals surface area contributed by atoms with Crippen molar-refractivity contribution in [2.75, 3.05) is 6.54 Å². The topological polar surface area (TPSA) is 24.9 Å².